The third-order valence-corrected chi connectivity index (χ3v) is 3.04. The van der Waals surface area contributed by atoms with Crippen LogP contribution in [0.1, 0.15) is 24.8 Å². The molecule has 0 amide bonds. The lowest BCUT2D eigenvalue weighted by molar-refractivity contribution is 0.408. The van der Waals surface area contributed by atoms with Crippen LogP contribution in [-0.2, 0) is 0 Å². The van der Waals surface area contributed by atoms with E-state index in [9.17, 15) is 5.11 Å². The topological polar surface area (TPSA) is 55.5 Å². The van der Waals surface area contributed by atoms with Crippen LogP contribution in [0.4, 0.5) is 0 Å². The normalized spacial score (nSPS) is 12.5. The SMILES string of the molecule is COc1cc(Br)c(O)c(C(C)CCN)c1. The largest absolute Gasteiger partial charge is 0.506 e. The molecule has 0 heterocycles. The van der Waals surface area contributed by atoms with Crippen molar-refractivity contribution in [2.45, 2.75) is 19.3 Å². The molecule has 84 valence electrons. The van der Waals surface area contributed by atoms with E-state index in [0.717, 1.165) is 17.7 Å². The van der Waals surface area contributed by atoms with Gasteiger partial charge in [-0.3, -0.25) is 0 Å². The Morgan fingerprint density at radius 2 is 2.20 bits per heavy atom. The summed E-state index contributed by atoms with van der Waals surface area (Å²) in [6, 6.07) is 3.59. The van der Waals surface area contributed by atoms with E-state index in [1.165, 1.54) is 0 Å². The summed E-state index contributed by atoms with van der Waals surface area (Å²) in [5.74, 6) is 1.23. The number of aromatic hydroxyl groups is 1. The Morgan fingerprint density at radius 3 is 2.73 bits per heavy atom. The summed E-state index contributed by atoms with van der Waals surface area (Å²) in [5, 5.41) is 9.87. The molecule has 0 aliphatic rings. The van der Waals surface area contributed by atoms with Crippen molar-refractivity contribution < 1.29 is 9.84 Å². The van der Waals surface area contributed by atoms with E-state index in [0.29, 0.717) is 11.0 Å². The fraction of sp³-hybridized carbons (Fsp3) is 0.455. The third-order valence-electron chi connectivity index (χ3n) is 2.43. The van der Waals surface area contributed by atoms with E-state index in [4.69, 9.17) is 10.5 Å². The number of rotatable bonds is 4. The second-order valence-corrected chi connectivity index (χ2v) is 4.38. The first-order chi connectivity index (χ1) is 7.10. The predicted molar refractivity (Wildman–Crippen MR) is 64.4 cm³/mol. The number of phenols is 1. The first-order valence-corrected chi connectivity index (χ1v) is 5.66. The average molecular weight is 274 g/mol. The van der Waals surface area contributed by atoms with E-state index >= 15 is 0 Å². The van der Waals surface area contributed by atoms with Crippen molar-refractivity contribution in [1.82, 2.24) is 0 Å². The maximum atomic E-state index is 9.87. The number of benzene rings is 1. The van der Waals surface area contributed by atoms with E-state index in [2.05, 4.69) is 15.9 Å². The number of ether oxygens (including phenoxy) is 1. The van der Waals surface area contributed by atoms with Crippen LogP contribution < -0.4 is 10.5 Å². The zero-order valence-electron chi connectivity index (χ0n) is 8.96. The number of hydrogen-bond donors (Lipinski definition) is 2. The molecule has 0 saturated carbocycles. The lowest BCUT2D eigenvalue weighted by atomic mass is 9.97. The van der Waals surface area contributed by atoms with Gasteiger partial charge >= 0.3 is 0 Å². The Bertz CT molecular complexity index is 342. The van der Waals surface area contributed by atoms with Crippen molar-refractivity contribution in [3.63, 3.8) is 0 Å². The zero-order chi connectivity index (χ0) is 11.4. The minimum Gasteiger partial charge on any atom is -0.506 e. The van der Waals surface area contributed by atoms with Gasteiger partial charge in [0.1, 0.15) is 11.5 Å². The van der Waals surface area contributed by atoms with Gasteiger partial charge in [0.15, 0.2) is 0 Å². The molecule has 1 unspecified atom stereocenters. The first-order valence-electron chi connectivity index (χ1n) is 4.86. The minimum atomic E-state index is 0.224. The number of phenolic OH excluding ortho intramolecular Hbond substituents is 1. The highest BCUT2D eigenvalue weighted by atomic mass is 79.9. The van der Waals surface area contributed by atoms with Crippen molar-refractivity contribution in [2.75, 3.05) is 13.7 Å². The summed E-state index contributed by atoms with van der Waals surface area (Å²) in [4.78, 5) is 0. The van der Waals surface area contributed by atoms with Crippen LogP contribution >= 0.6 is 15.9 Å². The average Bonchev–Trinajstić information content (AvgIpc) is 2.22. The van der Waals surface area contributed by atoms with Gasteiger partial charge in [-0.25, -0.2) is 0 Å². The van der Waals surface area contributed by atoms with Gasteiger partial charge in [-0.15, -0.1) is 0 Å². The molecule has 1 aromatic rings. The van der Waals surface area contributed by atoms with Crippen LogP contribution in [0.3, 0.4) is 0 Å². The highest BCUT2D eigenvalue weighted by Gasteiger charge is 2.14. The molecule has 0 aliphatic carbocycles. The Hall–Kier alpha value is -0.740. The van der Waals surface area contributed by atoms with Crippen molar-refractivity contribution >= 4 is 15.9 Å². The monoisotopic (exact) mass is 273 g/mol. The van der Waals surface area contributed by atoms with E-state index < -0.39 is 0 Å². The molecule has 0 fully saturated rings. The van der Waals surface area contributed by atoms with Gasteiger partial charge in [-0.1, -0.05) is 6.92 Å². The fourth-order valence-corrected chi connectivity index (χ4v) is 1.95. The highest BCUT2D eigenvalue weighted by Crippen LogP contribution is 2.37. The molecular formula is C11H16BrNO2. The van der Waals surface area contributed by atoms with Crippen molar-refractivity contribution in [2.24, 2.45) is 5.73 Å². The molecule has 0 aromatic heterocycles. The maximum absolute atomic E-state index is 9.87. The lowest BCUT2D eigenvalue weighted by Crippen LogP contribution is -2.05. The molecule has 15 heavy (non-hydrogen) atoms. The Morgan fingerprint density at radius 1 is 1.53 bits per heavy atom. The number of halogens is 1. The van der Waals surface area contributed by atoms with E-state index in [1.54, 1.807) is 13.2 Å². The van der Waals surface area contributed by atoms with Gasteiger partial charge < -0.3 is 15.6 Å². The smallest absolute Gasteiger partial charge is 0.133 e. The van der Waals surface area contributed by atoms with Gasteiger partial charge in [-0.05, 0) is 46.9 Å². The Labute approximate surface area is 98.4 Å². The summed E-state index contributed by atoms with van der Waals surface area (Å²) >= 11 is 3.30. The predicted octanol–water partition coefficient (Wildman–Crippen LogP) is 2.62. The second-order valence-electron chi connectivity index (χ2n) is 3.53. The lowest BCUT2D eigenvalue weighted by Gasteiger charge is -2.15. The maximum Gasteiger partial charge on any atom is 0.133 e. The van der Waals surface area contributed by atoms with Crippen molar-refractivity contribution in [3.05, 3.63) is 22.2 Å². The molecule has 4 heteroatoms. The van der Waals surface area contributed by atoms with Crippen LogP contribution in [0.2, 0.25) is 0 Å². The summed E-state index contributed by atoms with van der Waals surface area (Å²) in [5.41, 5.74) is 6.37. The van der Waals surface area contributed by atoms with Gasteiger partial charge in [0, 0.05) is 5.56 Å². The minimum absolute atomic E-state index is 0.224. The third kappa shape index (κ3) is 2.86. The van der Waals surface area contributed by atoms with Gasteiger partial charge in [0.2, 0.25) is 0 Å². The van der Waals surface area contributed by atoms with Gasteiger partial charge in [0.05, 0.1) is 11.6 Å². The quantitative estimate of drug-likeness (QED) is 0.887. The molecule has 3 nitrogen and oxygen atoms in total. The fourth-order valence-electron chi connectivity index (χ4n) is 1.49. The summed E-state index contributed by atoms with van der Waals surface area (Å²) in [6.45, 7) is 2.64. The van der Waals surface area contributed by atoms with E-state index in [-0.39, 0.29) is 11.7 Å². The number of methoxy groups -OCH3 is 1. The van der Waals surface area contributed by atoms with Crippen LogP contribution in [0.25, 0.3) is 0 Å². The van der Waals surface area contributed by atoms with Crippen LogP contribution in [0.5, 0.6) is 11.5 Å². The molecule has 0 radical (unpaired) electrons. The van der Waals surface area contributed by atoms with Crippen molar-refractivity contribution in [3.8, 4) is 11.5 Å². The van der Waals surface area contributed by atoms with Gasteiger partial charge in [-0.2, -0.15) is 0 Å². The summed E-state index contributed by atoms with van der Waals surface area (Å²) in [6.07, 6.45) is 0.840. The molecule has 3 N–H and O–H groups in total. The van der Waals surface area contributed by atoms with Crippen molar-refractivity contribution in [1.29, 1.82) is 0 Å². The molecule has 1 aromatic carbocycles. The second kappa shape index (κ2) is 5.37. The Kier molecular flexibility index (Phi) is 4.42. The number of hydrogen-bond acceptors (Lipinski definition) is 3. The van der Waals surface area contributed by atoms with E-state index in [1.807, 2.05) is 13.0 Å². The molecule has 0 bridgehead atoms. The first kappa shape index (κ1) is 12.3. The highest BCUT2D eigenvalue weighted by molar-refractivity contribution is 9.10. The van der Waals surface area contributed by atoms with Crippen LogP contribution in [0.15, 0.2) is 16.6 Å². The molecule has 1 atom stereocenters. The molecule has 0 aliphatic heterocycles. The Balaban J connectivity index is 3.09. The van der Waals surface area contributed by atoms with Crippen LogP contribution in [0, 0.1) is 0 Å². The molecule has 1 rings (SSSR count). The summed E-state index contributed by atoms with van der Waals surface area (Å²) in [7, 11) is 1.61. The zero-order valence-corrected chi connectivity index (χ0v) is 10.5. The molecule has 0 spiro atoms. The molecular weight excluding hydrogens is 258 g/mol. The molecule has 0 saturated heterocycles. The summed E-state index contributed by atoms with van der Waals surface area (Å²) < 4.78 is 5.80. The number of nitrogens with two attached hydrogens (primary N) is 1. The van der Waals surface area contributed by atoms with Gasteiger partial charge in [0.25, 0.3) is 0 Å². The standard InChI is InChI=1S/C11H16BrNO2/c1-7(3-4-13)9-5-8(15-2)6-10(12)11(9)14/h5-7,14H,3-4,13H2,1-2H3. The van der Waals surface area contributed by atoms with Crippen LogP contribution in [-0.4, -0.2) is 18.8 Å².